The lowest BCUT2D eigenvalue weighted by Crippen LogP contribution is -2.20. The van der Waals surface area contributed by atoms with Crippen molar-refractivity contribution in [3.8, 4) is 0 Å². The third-order valence-electron chi connectivity index (χ3n) is 3.55. The summed E-state index contributed by atoms with van der Waals surface area (Å²) >= 11 is 0. The molecule has 0 aliphatic heterocycles. The van der Waals surface area contributed by atoms with Crippen molar-refractivity contribution < 1.29 is 0 Å². The maximum atomic E-state index is 4.47. The lowest BCUT2D eigenvalue weighted by atomic mass is 9.97. The molecule has 88 valence electrons. The molecule has 0 saturated heterocycles. The largest absolute Gasteiger partial charge is 0.312 e. The smallest absolute Gasteiger partial charge is 0.0756 e. The monoisotopic (exact) mass is 219 g/mol. The van der Waals surface area contributed by atoms with E-state index in [-0.39, 0.29) is 0 Å². The first-order valence-corrected chi connectivity index (χ1v) is 6.25. The summed E-state index contributed by atoms with van der Waals surface area (Å²) in [5.74, 6) is 0.876. The van der Waals surface area contributed by atoms with Gasteiger partial charge in [0.25, 0.3) is 0 Å². The Morgan fingerprint density at radius 1 is 1.31 bits per heavy atom. The van der Waals surface area contributed by atoms with Gasteiger partial charge in [-0.25, -0.2) is 0 Å². The molecule has 0 aromatic carbocycles. The summed E-state index contributed by atoms with van der Waals surface area (Å²) in [4.78, 5) is 8.79. The van der Waals surface area contributed by atoms with Crippen molar-refractivity contribution in [3.63, 3.8) is 0 Å². The summed E-state index contributed by atoms with van der Waals surface area (Å²) in [6, 6.07) is 0.371. The van der Waals surface area contributed by atoms with Crippen LogP contribution in [0.5, 0.6) is 0 Å². The molecular weight excluding hydrogens is 198 g/mol. The average Bonchev–Trinajstić information content (AvgIpc) is 2.80. The minimum absolute atomic E-state index is 0.371. The van der Waals surface area contributed by atoms with Gasteiger partial charge in [-0.15, -0.1) is 0 Å². The van der Waals surface area contributed by atoms with Gasteiger partial charge in [0.2, 0.25) is 0 Å². The first kappa shape index (κ1) is 11.5. The van der Waals surface area contributed by atoms with Gasteiger partial charge < -0.3 is 5.32 Å². The van der Waals surface area contributed by atoms with E-state index in [1.54, 1.807) is 0 Å². The van der Waals surface area contributed by atoms with Gasteiger partial charge in [0, 0.05) is 6.20 Å². The van der Waals surface area contributed by atoms with Gasteiger partial charge >= 0.3 is 0 Å². The number of aryl methyl sites for hydroxylation is 1. The molecule has 2 rings (SSSR count). The van der Waals surface area contributed by atoms with E-state index in [9.17, 15) is 0 Å². The van der Waals surface area contributed by atoms with Crippen molar-refractivity contribution in [2.75, 3.05) is 7.05 Å². The van der Waals surface area contributed by atoms with Crippen molar-refractivity contribution >= 4 is 0 Å². The van der Waals surface area contributed by atoms with E-state index >= 15 is 0 Å². The molecule has 1 saturated carbocycles. The number of rotatable bonds is 4. The lowest BCUT2D eigenvalue weighted by molar-refractivity contribution is 0.407. The Kier molecular flexibility index (Phi) is 3.88. The molecule has 1 aliphatic rings. The number of aromatic nitrogens is 2. The van der Waals surface area contributed by atoms with Crippen LogP contribution in [0, 0.1) is 12.8 Å². The fraction of sp³-hybridized carbons (Fsp3) is 0.692. The van der Waals surface area contributed by atoms with Crippen LogP contribution in [-0.4, -0.2) is 17.0 Å². The molecule has 0 amide bonds. The standard InChI is InChI=1S/C13H21N3/c1-10-8-16-13(9-15-10)12(14-2)7-11-5-3-4-6-11/h8-9,11-12,14H,3-7H2,1-2H3. The van der Waals surface area contributed by atoms with E-state index < -0.39 is 0 Å². The van der Waals surface area contributed by atoms with Gasteiger partial charge in [-0.2, -0.15) is 0 Å². The maximum absolute atomic E-state index is 4.47. The molecule has 0 spiro atoms. The van der Waals surface area contributed by atoms with Gasteiger partial charge in [-0.1, -0.05) is 25.7 Å². The Morgan fingerprint density at radius 3 is 2.62 bits per heavy atom. The topological polar surface area (TPSA) is 37.8 Å². The van der Waals surface area contributed by atoms with Gasteiger partial charge in [0.1, 0.15) is 0 Å². The molecule has 1 unspecified atom stereocenters. The van der Waals surface area contributed by atoms with Crippen LogP contribution in [0.3, 0.4) is 0 Å². The van der Waals surface area contributed by atoms with Crippen LogP contribution in [0.2, 0.25) is 0 Å². The lowest BCUT2D eigenvalue weighted by Gasteiger charge is -2.19. The number of nitrogens with zero attached hydrogens (tertiary/aromatic N) is 2. The second-order valence-electron chi connectivity index (χ2n) is 4.81. The molecule has 0 bridgehead atoms. The quantitative estimate of drug-likeness (QED) is 0.846. The van der Waals surface area contributed by atoms with Crippen LogP contribution >= 0.6 is 0 Å². The second-order valence-corrected chi connectivity index (χ2v) is 4.81. The first-order valence-electron chi connectivity index (χ1n) is 6.25. The molecule has 1 aromatic rings. The summed E-state index contributed by atoms with van der Waals surface area (Å²) in [7, 11) is 2.02. The van der Waals surface area contributed by atoms with Gasteiger partial charge in [0.05, 0.1) is 23.6 Å². The molecule has 1 atom stereocenters. The van der Waals surface area contributed by atoms with E-state index in [0.717, 1.165) is 17.3 Å². The van der Waals surface area contributed by atoms with Crippen LogP contribution in [0.15, 0.2) is 12.4 Å². The molecule has 1 heterocycles. The van der Waals surface area contributed by atoms with E-state index in [4.69, 9.17) is 0 Å². The Bertz CT molecular complexity index is 314. The zero-order valence-corrected chi connectivity index (χ0v) is 10.2. The molecule has 3 heteroatoms. The van der Waals surface area contributed by atoms with Crippen LogP contribution in [0.1, 0.15) is 49.5 Å². The van der Waals surface area contributed by atoms with Gasteiger partial charge in [-0.3, -0.25) is 9.97 Å². The SMILES string of the molecule is CNC(CC1CCCC1)c1cnc(C)cn1. The molecule has 1 fully saturated rings. The summed E-state index contributed by atoms with van der Waals surface area (Å²) in [5.41, 5.74) is 2.07. The molecular formula is C13H21N3. The molecule has 0 radical (unpaired) electrons. The summed E-state index contributed by atoms with van der Waals surface area (Å²) < 4.78 is 0. The molecule has 16 heavy (non-hydrogen) atoms. The highest BCUT2D eigenvalue weighted by Gasteiger charge is 2.21. The molecule has 3 nitrogen and oxygen atoms in total. The minimum atomic E-state index is 0.371. The van der Waals surface area contributed by atoms with E-state index in [1.165, 1.54) is 32.1 Å². The Balaban J connectivity index is 2.00. The first-order chi connectivity index (χ1) is 7.79. The minimum Gasteiger partial charge on any atom is -0.312 e. The summed E-state index contributed by atoms with van der Waals surface area (Å²) in [6.45, 7) is 1.97. The maximum Gasteiger partial charge on any atom is 0.0756 e. The fourth-order valence-corrected chi connectivity index (χ4v) is 2.55. The predicted octanol–water partition coefficient (Wildman–Crippen LogP) is 2.63. The van der Waals surface area contributed by atoms with Crippen LogP contribution in [-0.2, 0) is 0 Å². The molecule has 1 aliphatic carbocycles. The highest BCUT2D eigenvalue weighted by atomic mass is 14.9. The Morgan fingerprint density at radius 2 is 2.06 bits per heavy atom. The third-order valence-corrected chi connectivity index (χ3v) is 3.55. The summed E-state index contributed by atoms with van der Waals surface area (Å²) in [6.07, 6.45) is 10.5. The Hall–Kier alpha value is -0.960. The number of nitrogens with one attached hydrogen (secondary N) is 1. The van der Waals surface area contributed by atoms with Crippen molar-refractivity contribution in [1.82, 2.24) is 15.3 Å². The van der Waals surface area contributed by atoms with Gasteiger partial charge in [-0.05, 0) is 26.3 Å². The second kappa shape index (κ2) is 5.39. The highest BCUT2D eigenvalue weighted by molar-refractivity contribution is 5.06. The van der Waals surface area contributed by atoms with Crippen molar-refractivity contribution in [2.24, 2.45) is 5.92 Å². The predicted molar refractivity (Wildman–Crippen MR) is 65.1 cm³/mol. The fourth-order valence-electron chi connectivity index (χ4n) is 2.55. The van der Waals surface area contributed by atoms with E-state index in [1.807, 2.05) is 26.4 Å². The molecule has 1 aromatic heterocycles. The normalized spacial score (nSPS) is 18.9. The molecule has 1 N–H and O–H groups in total. The van der Waals surface area contributed by atoms with Crippen molar-refractivity contribution in [1.29, 1.82) is 0 Å². The zero-order chi connectivity index (χ0) is 11.4. The van der Waals surface area contributed by atoms with E-state index in [2.05, 4.69) is 15.3 Å². The Labute approximate surface area is 97.7 Å². The van der Waals surface area contributed by atoms with Crippen molar-refractivity contribution in [2.45, 2.75) is 45.1 Å². The average molecular weight is 219 g/mol. The van der Waals surface area contributed by atoms with Crippen LogP contribution in [0.4, 0.5) is 0 Å². The number of hydrogen-bond acceptors (Lipinski definition) is 3. The van der Waals surface area contributed by atoms with Crippen LogP contribution in [0.25, 0.3) is 0 Å². The van der Waals surface area contributed by atoms with E-state index in [0.29, 0.717) is 6.04 Å². The van der Waals surface area contributed by atoms with Crippen molar-refractivity contribution in [3.05, 3.63) is 23.8 Å². The number of hydrogen-bond donors (Lipinski definition) is 1. The van der Waals surface area contributed by atoms with Crippen LogP contribution < -0.4 is 5.32 Å². The van der Waals surface area contributed by atoms with Gasteiger partial charge in [0.15, 0.2) is 0 Å². The third kappa shape index (κ3) is 2.79. The summed E-state index contributed by atoms with van der Waals surface area (Å²) in [5, 5.41) is 3.36. The zero-order valence-electron chi connectivity index (χ0n) is 10.2. The highest BCUT2D eigenvalue weighted by Crippen LogP contribution is 2.32.